The van der Waals surface area contributed by atoms with E-state index in [1.807, 2.05) is 11.3 Å². The molecule has 0 saturated heterocycles. The van der Waals surface area contributed by atoms with Gasteiger partial charge in [0, 0.05) is 15.2 Å². The van der Waals surface area contributed by atoms with E-state index in [4.69, 9.17) is 0 Å². The predicted octanol–water partition coefficient (Wildman–Crippen LogP) is 5.11. The van der Waals surface area contributed by atoms with Crippen molar-refractivity contribution < 1.29 is 0 Å². The van der Waals surface area contributed by atoms with Crippen molar-refractivity contribution in [1.29, 1.82) is 0 Å². The molecule has 92 valence electrons. The van der Waals surface area contributed by atoms with E-state index in [9.17, 15) is 0 Å². The lowest BCUT2D eigenvalue weighted by Gasteiger charge is -2.15. The fourth-order valence-electron chi connectivity index (χ4n) is 2.18. The summed E-state index contributed by atoms with van der Waals surface area (Å²) in [5.41, 5.74) is 1.45. The number of thiophene rings is 1. The Morgan fingerprint density at radius 3 is 2.94 bits per heavy atom. The Labute approximate surface area is 115 Å². The molecule has 1 aromatic heterocycles. The molecule has 1 aromatic carbocycles. The highest BCUT2D eigenvalue weighted by Crippen LogP contribution is 2.36. The lowest BCUT2D eigenvalue weighted by atomic mass is 10.0. The van der Waals surface area contributed by atoms with Gasteiger partial charge in [-0.3, -0.25) is 0 Å². The average Bonchev–Trinajstić information content (AvgIpc) is 2.76. The minimum Gasteiger partial charge on any atom is -0.313 e. The van der Waals surface area contributed by atoms with Crippen LogP contribution < -0.4 is 5.32 Å². The minimum absolute atomic E-state index is 0.484. The average molecular weight is 312 g/mol. The fourth-order valence-corrected chi connectivity index (χ4v) is 3.85. The van der Waals surface area contributed by atoms with E-state index in [-0.39, 0.29) is 0 Å². The summed E-state index contributed by atoms with van der Waals surface area (Å²) in [5, 5.41) is 7.13. The van der Waals surface area contributed by atoms with Gasteiger partial charge in [-0.2, -0.15) is 0 Å². The summed E-state index contributed by atoms with van der Waals surface area (Å²) in [7, 11) is 2.06. The van der Waals surface area contributed by atoms with Crippen molar-refractivity contribution in [3.63, 3.8) is 0 Å². The molecule has 3 heteroatoms. The van der Waals surface area contributed by atoms with Crippen molar-refractivity contribution in [3.05, 3.63) is 33.6 Å². The summed E-state index contributed by atoms with van der Waals surface area (Å²) in [6.07, 6.45) is 3.74. The van der Waals surface area contributed by atoms with Crippen LogP contribution in [0.2, 0.25) is 0 Å². The normalized spacial score (nSPS) is 13.1. The van der Waals surface area contributed by atoms with E-state index in [1.165, 1.54) is 39.4 Å². The largest absolute Gasteiger partial charge is 0.313 e. The molecule has 0 fully saturated rings. The molecule has 0 radical (unpaired) electrons. The smallest absolute Gasteiger partial charge is 0.0488 e. The fraction of sp³-hybridized carbons (Fsp3) is 0.429. The highest BCUT2D eigenvalue weighted by Gasteiger charge is 2.14. The van der Waals surface area contributed by atoms with Gasteiger partial charge in [0.15, 0.2) is 0 Å². The number of nitrogens with one attached hydrogen (secondary N) is 1. The number of hydrogen-bond acceptors (Lipinski definition) is 2. The predicted molar refractivity (Wildman–Crippen MR) is 80.9 cm³/mol. The van der Waals surface area contributed by atoms with Crippen LogP contribution in [0.4, 0.5) is 0 Å². The quantitative estimate of drug-likeness (QED) is 0.808. The summed E-state index contributed by atoms with van der Waals surface area (Å²) in [6, 6.07) is 6.94. The summed E-state index contributed by atoms with van der Waals surface area (Å²) < 4.78 is 2.57. The summed E-state index contributed by atoms with van der Waals surface area (Å²) in [6.45, 7) is 2.25. The van der Waals surface area contributed by atoms with Crippen molar-refractivity contribution >= 4 is 37.4 Å². The molecule has 17 heavy (non-hydrogen) atoms. The SMILES string of the molecule is CCCCC(NC)c1csc2c(Br)cccc12. The first-order valence-electron chi connectivity index (χ1n) is 6.10. The molecular weight excluding hydrogens is 294 g/mol. The second kappa shape index (κ2) is 5.98. The second-order valence-electron chi connectivity index (χ2n) is 4.29. The molecule has 1 atom stereocenters. The zero-order valence-corrected chi connectivity index (χ0v) is 12.7. The molecule has 1 nitrogen and oxygen atoms in total. The summed E-state index contributed by atoms with van der Waals surface area (Å²) >= 11 is 5.45. The van der Waals surface area contributed by atoms with Crippen LogP contribution in [-0.4, -0.2) is 7.05 Å². The monoisotopic (exact) mass is 311 g/mol. The van der Waals surface area contributed by atoms with E-state index < -0.39 is 0 Å². The summed E-state index contributed by atoms with van der Waals surface area (Å²) in [4.78, 5) is 0. The van der Waals surface area contributed by atoms with Crippen molar-refractivity contribution in [2.75, 3.05) is 7.05 Å². The third-order valence-electron chi connectivity index (χ3n) is 3.15. The molecule has 1 heterocycles. The maximum absolute atomic E-state index is 3.62. The van der Waals surface area contributed by atoms with Crippen molar-refractivity contribution in [3.8, 4) is 0 Å². The highest BCUT2D eigenvalue weighted by atomic mass is 79.9. The molecule has 0 bridgehead atoms. The molecule has 0 aliphatic rings. The summed E-state index contributed by atoms with van der Waals surface area (Å²) in [5.74, 6) is 0. The molecule has 0 aliphatic heterocycles. The van der Waals surface area contributed by atoms with Gasteiger partial charge in [0.05, 0.1) is 0 Å². The van der Waals surface area contributed by atoms with Gasteiger partial charge >= 0.3 is 0 Å². The van der Waals surface area contributed by atoms with Gasteiger partial charge in [0.2, 0.25) is 0 Å². The maximum Gasteiger partial charge on any atom is 0.0488 e. The first-order chi connectivity index (χ1) is 8.27. The molecule has 0 saturated carbocycles. The topological polar surface area (TPSA) is 12.0 Å². The molecule has 0 amide bonds. The zero-order valence-electron chi connectivity index (χ0n) is 10.3. The standard InChI is InChI=1S/C14H18BrNS/c1-3-4-8-13(16-2)11-9-17-14-10(11)6-5-7-12(14)15/h5-7,9,13,16H,3-4,8H2,1-2H3. The van der Waals surface area contributed by atoms with E-state index >= 15 is 0 Å². The van der Waals surface area contributed by atoms with Gasteiger partial charge in [-0.15, -0.1) is 11.3 Å². The van der Waals surface area contributed by atoms with Crippen LogP contribution in [0.3, 0.4) is 0 Å². The van der Waals surface area contributed by atoms with Crippen molar-refractivity contribution in [2.45, 2.75) is 32.2 Å². The number of hydrogen-bond donors (Lipinski definition) is 1. The number of benzene rings is 1. The van der Waals surface area contributed by atoms with Crippen LogP contribution in [-0.2, 0) is 0 Å². The Bertz CT molecular complexity index is 492. The lowest BCUT2D eigenvalue weighted by molar-refractivity contribution is 0.527. The van der Waals surface area contributed by atoms with Gasteiger partial charge in [0.25, 0.3) is 0 Å². The van der Waals surface area contributed by atoms with E-state index in [0.29, 0.717) is 6.04 Å². The first-order valence-corrected chi connectivity index (χ1v) is 7.78. The van der Waals surface area contributed by atoms with Gasteiger partial charge in [-0.25, -0.2) is 0 Å². The van der Waals surface area contributed by atoms with Crippen LogP contribution >= 0.6 is 27.3 Å². The molecule has 0 aliphatic carbocycles. The van der Waals surface area contributed by atoms with Crippen molar-refractivity contribution in [1.82, 2.24) is 5.32 Å². The molecule has 1 N–H and O–H groups in total. The molecule has 2 aromatic rings. The third-order valence-corrected chi connectivity index (χ3v) is 5.12. The Balaban J connectivity index is 2.37. The van der Waals surface area contributed by atoms with Crippen LogP contribution in [0, 0.1) is 0 Å². The molecule has 0 spiro atoms. The van der Waals surface area contributed by atoms with E-state index in [0.717, 1.165) is 0 Å². The molecule has 1 unspecified atom stereocenters. The number of halogens is 1. The van der Waals surface area contributed by atoms with Crippen LogP contribution in [0.25, 0.3) is 10.1 Å². The van der Waals surface area contributed by atoms with Gasteiger partial charge < -0.3 is 5.32 Å². The molecule has 2 rings (SSSR count). The van der Waals surface area contributed by atoms with Gasteiger partial charge in [0.1, 0.15) is 0 Å². The Morgan fingerprint density at radius 2 is 2.24 bits per heavy atom. The number of unbranched alkanes of at least 4 members (excludes halogenated alkanes) is 1. The van der Waals surface area contributed by atoms with Gasteiger partial charge in [-0.05, 0) is 51.8 Å². The maximum atomic E-state index is 3.62. The second-order valence-corrected chi connectivity index (χ2v) is 6.03. The highest BCUT2D eigenvalue weighted by molar-refractivity contribution is 9.10. The Morgan fingerprint density at radius 1 is 1.41 bits per heavy atom. The number of fused-ring (bicyclic) bond motifs is 1. The minimum atomic E-state index is 0.484. The van der Waals surface area contributed by atoms with Crippen LogP contribution in [0.15, 0.2) is 28.1 Å². The first kappa shape index (κ1) is 13.1. The van der Waals surface area contributed by atoms with Crippen molar-refractivity contribution in [2.24, 2.45) is 0 Å². The third kappa shape index (κ3) is 2.72. The van der Waals surface area contributed by atoms with Crippen LogP contribution in [0.5, 0.6) is 0 Å². The number of rotatable bonds is 5. The van der Waals surface area contributed by atoms with Gasteiger partial charge in [-0.1, -0.05) is 31.9 Å². The molecular formula is C14H18BrNS. The zero-order chi connectivity index (χ0) is 12.3. The Hall–Kier alpha value is -0.380. The van der Waals surface area contributed by atoms with E-state index in [1.54, 1.807) is 0 Å². The Kier molecular flexibility index (Phi) is 4.60. The van der Waals surface area contributed by atoms with E-state index in [2.05, 4.69) is 58.8 Å². The van der Waals surface area contributed by atoms with Crippen LogP contribution in [0.1, 0.15) is 37.8 Å². The lowest BCUT2D eigenvalue weighted by Crippen LogP contribution is -2.15.